The summed E-state index contributed by atoms with van der Waals surface area (Å²) >= 11 is 0. The number of nitrogens with one attached hydrogen (secondary N) is 3. The van der Waals surface area contributed by atoms with Gasteiger partial charge in [-0.25, -0.2) is 0 Å². The number of esters is 8. The predicted molar refractivity (Wildman–Crippen MR) is 255 cm³/mol. The molecule has 0 aliphatic carbocycles. The van der Waals surface area contributed by atoms with Gasteiger partial charge in [0.1, 0.15) is 31.5 Å². The summed E-state index contributed by atoms with van der Waals surface area (Å²) in [6.07, 6.45) is -13.5. The highest BCUT2D eigenvalue weighted by Gasteiger charge is 2.56. The third kappa shape index (κ3) is 22.4. The van der Waals surface area contributed by atoms with E-state index in [2.05, 4.69) is 22.9 Å². The maximum Gasteiger partial charge on any atom is 0.303 e. The molecule has 1 radical (unpaired) electrons. The molecule has 3 N–H and O–H groups in total. The van der Waals surface area contributed by atoms with Crippen molar-refractivity contribution < 1.29 is 105 Å². The van der Waals surface area contributed by atoms with E-state index in [1.807, 2.05) is 0 Å². The zero-order valence-corrected chi connectivity index (χ0v) is 45.3. The van der Waals surface area contributed by atoms with Crippen LogP contribution in [0.15, 0.2) is 0 Å². The van der Waals surface area contributed by atoms with E-state index >= 15 is 0 Å². The molecule has 2 aliphatic rings. The van der Waals surface area contributed by atoms with E-state index in [4.69, 9.17) is 47.4 Å². The molecule has 2 rings (SSSR count). The summed E-state index contributed by atoms with van der Waals surface area (Å²) < 4.78 is 56.0. The van der Waals surface area contributed by atoms with Gasteiger partial charge in [0, 0.05) is 79.1 Å². The fourth-order valence-corrected chi connectivity index (χ4v) is 8.92. The molecule has 3 amide bonds. The number of hydrogen-bond acceptors (Lipinski definition) is 22. The predicted octanol–water partition coefficient (Wildman–Crippen LogP) is 1.65. The van der Waals surface area contributed by atoms with E-state index in [0.717, 1.165) is 92.6 Å². The summed E-state index contributed by atoms with van der Waals surface area (Å²) in [6.45, 7) is 14.8. The number of hydrogen-bond donors (Lipinski definition) is 3. The number of ether oxygens (including phenoxy) is 10. The zero-order valence-electron chi connectivity index (χ0n) is 45.3. The lowest BCUT2D eigenvalue weighted by molar-refractivity contribution is -0.331. The second-order valence-electron chi connectivity index (χ2n) is 19.6. The Bertz CT molecular complexity index is 1990. The Balaban J connectivity index is 2.90. The minimum atomic E-state index is -2.43. The second kappa shape index (κ2) is 30.5. The smallest absolute Gasteiger partial charge is 0.303 e. The van der Waals surface area contributed by atoms with Gasteiger partial charge in [-0.15, -0.1) is 10.3 Å². The first-order valence-electron chi connectivity index (χ1n) is 24.8. The van der Waals surface area contributed by atoms with E-state index in [-0.39, 0.29) is 19.4 Å². The molecule has 26 nitrogen and oxygen atoms in total. The van der Waals surface area contributed by atoms with Crippen molar-refractivity contribution in [1.82, 2.24) is 21.0 Å². The third-order valence-electron chi connectivity index (χ3n) is 11.7. The quantitative estimate of drug-likeness (QED) is 0.0570. The first-order valence-corrected chi connectivity index (χ1v) is 24.8. The van der Waals surface area contributed by atoms with Gasteiger partial charge in [-0.2, -0.15) is 0 Å². The Morgan fingerprint density at radius 3 is 1.64 bits per heavy atom. The molecule has 0 saturated carbocycles. The average molecular weight is 1070 g/mol. The summed E-state index contributed by atoms with van der Waals surface area (Å²) in [6, 6.07) is -2.29. The molecule has 2 aliphatic heterocycles. The Morgan fingerprint density at radius 2 is 1.12 bits per heavy atom. The van der Waals surface area contributed by atoms with Gasteiger partial charge in [0.05, 0.1) is 6.42 Å². The van der Waals surface area contributed by atoms with Crippen LogP contribution < -0.4 is 16.0 Å². The first kappa shape index (κ1) is 65.1. The second-order valence-corrected chi connectivity index (χ2v) is 19.6. The van der Waals surface area contributed by atoms with Crippen LogP contribution in [0, 0.1) is 0 Å². The van der Waals surface area contributed by atoms with Gasteiger partial charge in [-0.05, 0) is 47.0 Å². The highest BCUT2D eigenvalue weighted by Crippen LogP contribution is 2.37. The fraction of sp³-hybridized carbons (Fsp3) is 0.776. The minimum absolute atomic E-state index is 0.124. The van der Waals surface area contributed by atoms with Crippen LogP contribution in [0.3, 0.4) is 0 Å². The van der Waals surface area contributed by atoms with Gasteiger partial charge in [0.15, 0.2) is 36.8 Å². The first-order chi connectivity index (χ1) is 34.9. The van der Waals surface area contributed by atoms with Crippen LogP contribution in [0.25, 0.3) is 0 Å². The summed E-state index contributed by atoms with van der Waals surface area (Å²) in [4.78, 5) is 144. The number of amides is 3. The van der Waals surface area contributed by atoms with Crippen LogP contribution in [0.4, 0.5) is 0 Å². The molecule has 425 valence electrons. The Hall–Kier alpha value is -5.99. The van der Waals surface area contributed by atoms with Gasteiger partial charge in [-0.1, -0.05) is 39.0 Å². The molecule has 2 saturated heterocycles. The van der Waals surface area contributed by atoms with E-state index in [1.165, 1.54) is 0 Å². The fourth-order valence-electron chi connectivity index (χ4n) is 8.92. The van der Waals surface area contributed by atoms with Crippen molar-refractivity contribution in [2.75, 3.05) is 19.8 Å². The van der Waals surface area contributed by atoms with Gasteiger partial charge < -0.3 is 63.3 Å². The van der Waals surface area contributed by atoms with Crippen LogP contribution in [-0.4, -0.2) is 169 Å². The maximum atomic E-state index is 14.9. The molecule has 0 aromatic carbocycles. The Labute approximate surface area is 436 Å². The standard InChI is InChI=1S/C49H77N4O22/c1-14-15-16-17-18-19-20-50-45(63)35(21-38(62)51-34-22-48(10,11)53(65)49(12,13)23-34)52-46(64)43(72-32(8)60)41(70-30(6)58)40(36(68-28(4)56)24-66-26(2)54)75-47-44(73-33(9)61)42(71-31(7)59)39(69-29(5)57)37(74-47)25-67-27(3)55/h34-37,39-44,47H,14-25H2,1-13H3,(H,50,63)(H,51,62)(H,52,64)/t35-,36+,37+,39-,40+,41-,42-,43+,44+,47-/m0/s1. The monoisotopic (exact) mass is 1070 g/mol. The highest BCUT2D eigenvalue weighted by atomic mass is 16.8. The number of piperidine rings is 1. The lowest BCUT2D eigenvalue weighted by Gasteiger charge is -2.50. The molecule has 0 spiro atoms. The van der Waals surface area contributed by atoms with Crippen molar-refractivity contribution in [2.45, 2.75) is 226 Å². The van der Waals surface area contributed by atoms with Crippen molar-refractivity contribution in [3.05, 3.63) is 0 Å². The molecular formula is C49H77N4O22. The topological polar surface area (TPSA) is 339 Å². The number of nitrogens with zero attached hydrogens (tertiary/aromatic N) is 1. The van der Waals surface area contributed by atoms with Crippen LogP contribution in [0.1, 0.15) is 148 Å². The van der Waals surface area contributed by atoms with Crippen LogP contribution >= 0.6 is 0 Å². The molecule has 0 bridgehead atoms. The van der Waals surface area contributed by atoms with Crippen LogP contribution in [0.5, 0.6) is 0 Å². The summed E-state index contributed by atoms with van der Waals surface area (Å²) in [5, 5.41) is 22.1. The maximum absolute atomic E-state index is 14.9. The number of unbranched alkanes of at least 4 members (excludes halogenated alkanes) is 5. The zero-order chi connectivity index (χ0) is 57.0. The largest absolute Gasteiger partial charge is 0.463 e. The lowest BCUT2D eigenvalue weighted by Crippen LogP contribution is -2.65. The highest BCUT2D eigenvalue weighted by molar-refractivity contribution is 5.94. The minimum Gasteiger partial charge on any atom is -0.463 e. The molecule has 2 fully saturated rings. The van der Waals surface area contributed by atoms with Gasteiger partial charge >= 0.3 is 47.8 Å². The Morgan fingerprint density at radius 1 is 0.600 bits per heavy atom. The molecule has 0 aromatic rings. The number of carbonyl (C=O) groups is 11. The van der Waals surface area contributed by atoms with Gasteiger partial charge in [0.2, 0.25) is 17.9 Å². The summed E-state index contributed by atoms with van der Waals surface area (Å²) in [7, 11) is 0. The van der Waals surface area contributed by atoms with Crippen LogP contribution in [-0.2, 0) is 105 Å². The molecular weight excluding hydrogens is 997 g/mol. The van der Waals surface area contributed by atoms with Crippen molar-refractivity contribution in [1.29, 1.82) is 0 Å². The molecule has 75 heavy (non-hydrogen) atoms. The third-order valence-corrected chi connectivity index (χ3v) is 11.7. The van der Waals surface area contributed by atoms with Crippen molar-refractivity contribution in [3.63, 3.8) is 0 Å². The Kier molecular flexibility index (Phi) is 26.5. The van der Waals surface area contributed by atoms with E-state index in [1.54, 1.807) is 27.7 Å². The molecule has 0 aromatic heterocycles. The van der Waals surface area contributed by atoms with E-state index in [9.17, 15) is 57.9 Å². The molecule has 2 heterocycles. The summed E-state index contributed by atoms with van der Waals surface area (Å²) in [5.74, 6) is -11.4. The molecule has 0 unspecified atom stereocenters. The van der Waals surface area contributed by atoms with Gasteiger partial charge in [-0.3, -0.25) is 52.7 Å². The molecule has 10 atom stereocenters. The number of carbonyl (C=O) groups excluding carboxylic acids is 11. The van der Waals surface area contributed by atoms with E-state index in [0.29, 0.717) is 6.42 Å². The molecule has 26 heteroatoms. The summed E-state index contributed by atoms with van der Waals surface area (Å²) in [5.41, 5.74) is -1.81. The van der Waals surface area contributed by atoms with E-state index < -0.39 is 163 Å². The SMILES string of the molecule is CCCCCCCCNC(=O)[C@H](CC(=O)NC1CC(C)(C)N([O])C(C)(C)C1)NC(=O)[C@H](OC(C)=O)[C@@H](OC(C)=O)[C@H](O[C@@H]1O[C@H](COC(C)=O)[C@H](OC(C)=O)[C@H](OC(C)=O)[C@H]1OC(C)=O)[C@@H](COC(C)=O)OC(C)=O. The van der Waals surface area contributed by atoms with Crippen molar-refractivity contribution in [2.24, 2.45) is 0 Å². The van der Waals surface area contributed by atoms with Crippen LogP contribution in [0.2, 0.25) is 0 Å². The van der Waals surface area contributed by atoms with Gasteiger partial charge in [0.25, 0.3) is 5.91 Å². The van der Waals surface area contributed by atoms with Crippen molar-refractivity contribution in [3.8, 4) is 0 Å². The lowest BCUT2D eigenvalue weighted by atomic mass is 9.79. The number of hydroxylamine groups is 2. The average Bonchev–Trinajstić information content (AvgIpc) is 3.26. The van der Waals surface area contributed by atoms with Crippen molar-refractivity contribution >= 4 is 65.5 Å². The normalized spacial score (nSPS) is 22.2. The number of rotatable bonds is 28.